The van der Waals surface area contributed by atoms with Crippen molar-refractivity contribution in [2.75, 3.05) is 23.7 Å². The molecule has 1 aromatic heterocycles. The van der Waals surface area contributed by atoms with Gasteiger partial charge in [-0.2, -0.15) is 0 Å². The molecule has 0 bridgehead atoms. The van der Waals surface area contributed by atoms with Gasteiger partial charge in [0.2, 0.25) is 10.0 Å². The fourth-order valence-corrected chi connectivity index (χ4v) is 6.54. The normalized spacial score (nSPS) is 16.1. The number of benzene rings is 1. The smallest absolute Gasteiger partial charge is 0.410 e. The molecule has 2 aliphatic heterocycles. The summed E-state index contributed by atoms with van der Waals surface area (Å²) in [5.74, 6) is -0.521. The highest BCUT2D eigenvalue weighted by Crippen LogP contribution is 2.31. The molecule has 0 atom stereocenters. The van der Waals surface area contributed by atoms with Gasteiger partial charge in [-0.25, -0.2) is 13.2 Å². The highest BCUT2D eigenvalue weighted by molar-refractivity contribution is 7.89. The number of aryl methyl sites for hydroxylation is 2. The van der Waals surface area contributed by atoms with Crippen LogP contribution in [0.15, 0.2) is 36.0 Å². The van der Waals surface area contributed by atoms with Crippen molar-refractivity contribution in [3.8, 4) is 0 Å². The molecule has 194 valence electrons. The summed E-state index contributed by atoms with van der Waals surface area (Å²) in [6.45, 7) is 8.68. The van der Waals surface area contributed by atoms with E-state index in [1.54, 1.807) is 28.0 Å². The maximum Gasteiger partial charge on any atom is 0.410 e. The van der Waals surface area contributed by atoms with E-state index in [1.165, 1.54) is 11.3 Å². The fraction of sp³-hybridized carbons (Fsp3) is 0.440. The number of ether oxygens (including phenoxy) is 1. The second-order valence-corrected chi connectivity index (χ2v) is 13.6. The first-order valence-electron chi connectivity index (χ1n) is 11.7. The third-order valence-electron chi connectivity index (χ3n) is 5.94. The molecule has 0 fully saturated rings. The number of rotatable bonds is 6. The van der Waals surface area contributed by atoms with Crippen LogP contribution in [0.3, 0.4) is 0 Å². The van der Waals surface area contributed by atoms with Gasteiger partial charge in [0.05, 0.1) is 10.1 Å². The van der Waals surface area contributed by atoms with Gasteiger partial charge in [0.1, 0.15) is 11.3 Å². The molecule has 1 N–H and O–H groups in total. The largest absolute Gasteiger partial charge is 0.444 e. The summed E-state index contributed by atoms with van der Waals surface area (Å²) in [7, 11) is -3.70. The lowest BCUT2D eigenvalue weighted by Crippen LogP contribution is -2.40. The fourth-order valence-electron chi connectivity index (χ4n) is 4.22. The Balaban J connectivity index is 1.42. The van der Waals surface area contributed by atoms with Crippen molar-refractivity contribution in [3.63, 3.8) is 0 Å². The van der Waals surface area contributed by atoms with E-state index in [4.69, 9.17) is 16.3 Å². The van der Waals surface area contributed by atoms with Crippen molar-refractivity contribution in [3.05, 3.63) is 61.9 Å². The van der Waals surface area contributed by atoms with Crippen LogP contribution in [0.2, 0.25) is 4.34 Å². The average molecular weight is 552 g/mol. The number of anilines is 1. The lowest BCUT2D eigenvalue weighted by molar-refractivity contribution is -0.114. The number of fused-ring (bicyclic) bond motifs is 1. The molecule has 0 spiro atoms. The lowest BCUT2D eigenvalue weighted by Gasteiger charge is -2.32. The van der Waals surface area contributed by atoms with Crippen LogP contribution in [0.1, 0.15) is 42.3 Å². The quantitative estimate of drug-likeness (QED) is 0.574. The molecular weight excluding hydrogens is 522 g/mol. The number of amides is 2. The van der Waals surface area contributed by atoms with Gasteiger partial charge in [0.15, 0.2) is 0 Å². The molecule has 1 aromatic carbocycles. The zero-order valence-electron chi connectivity index (χ0n) is 20.8. The summed E-state index contributed by atoms with van der Waals surface area (Å²) in [5, 5.41) is 0. The standard InChI is InChI=1S/C25H30ClN3O5S2/c1-16-13-18-15-28(24(31)34-25(2,3)4)10-7-17(18)14-21(16)29-11-8-20(23(29)30)27-36(32,33)12-9-19-5-6-22(26)35-19/h5-6,8,13-14,27H,7,9-12,15H2,1-4H3. The third kappa shape index (κ3) is 6.22. The number of hydrogen-bond donors (Lipinski definition) is 1. The Hall–Kier alpha value is -2.56. The van der Waals surface area contributed by atoms with Crippen molar-refractivity contribution in [1.82, 2.24) is 9.62 Å². The number of nitrogens with zero attached hydrogens (tertiary/aromatic N) is 2. The highest BCUT2D eigenvalue weighted by atomic mass is 35.5. The van der Waals surface area contributed by atoms with Gasteiger partial charge in [-0.1, -0.05) is 17.7 Å². The summed E-state index contributed by atoms with van der Waals surface area (Å²) in [6.07, 6.45) is 2.23. The molecule has 0 unspecified atom stereocenters. The van der Waals surface area contributed by atoms with Crippen molar-refractivity contribution < 1.29 is 22.7 Å². The van der Waals surface area contributed by atoms with Gasteiger partial charge in [-0.15, -0.1) is 11.3 Å². The van der Waals surface area contributed by atoms with E-state index >= 15 is 0 Å². The van der Waals surface area contributed by atoms with E-state index in [0.717, 1.165) is 27.3 Å². The van der Waals surface area contributed by atoms with Gasteiger partial charge < -0.3 is 14.5 Å². The molecule has 2 aromatic rings. The van der Waals surface area contributed by atoms with Crippen LogP contribution in [0.25, 0.3) is 0 Å². The number of carbonyl (C=O) groups is 2. The molecule has 0 saturated heterocycles. The summed E-state index contributed by atoms with van der Waals surface area (Å²) in [6, 6.07) is 7.50. The van der Waals surface area contributed by atoms with Crippen LogP contribution in [-0.4, -0.2) is 49.8 Å². The zero-order chi connectivity index (χ0) is 26.3. The Morgan fingerprint density at radius 3 is 2.64 bits per heavy atom. The molecule has 8 nitrogen and oxygen atoms in total. The lowest BCUT2D eigenvalue weighted by atomic mass is 9.96. The second kappa shape index (κ2) is 10.1. The minimum Gasteiger partial charge on any atom is -0.444 e. The van der Waals surface area contributed by atoms with Crippen LogP contribution >= 0.6 is 22.9 Å². The van der Waals surface area contributed by atoms with E-state index < -0.39 is 15.6 Å². The monoisotopic (exact) mass is 551 g/mol. The first kappa shape index (κ1) is 26.5. The zero-order valence-corrected chi connectivity index (χ0v) is 23.1. The second-order valence-electron chi connectivity index (χ2n) is 9.97. The minimum absolute atomic E-state index is 0.0624. The van der Waals surface area contributed by atoms with E-state index in [9.17, 15) is 18.0 Å². The molecule has 0 radical (unpaired) electrons. The first-order valence-corrected chi connectivity index (χ1v) is 14.5. The third-order valence-corrected chi connectivity index (χ3v) is 8.50. The number of carbonyl (C=O) groups excluding carboxylic acids is 2. The van der Waals surface area contributed by atoms with Gasteiger partial charge in [-0.05, 0) is 81.5 Å². The van der Waals surface area contributed by atoms with Gasteiger partial charge in [0, 0.05) is 30.2 Å². The van der Waals surface area contributed by atoms with Crippen LogP contribution in [-0.2, 0) is 38.9 Å². The summed E-state index contributed by atoms with van der Waals surface area (Å²) >= 11 is 7.25. The first-order chi connectivity index (χ1) is 16.8. The van der Waals surface area contributed by atoms with Crippen molar-refractivity contribution in [1.29, 1.82) is 0 Å². The number of thiophene rings is 1. The Morgan fingerprint density at radius 2 is 1.97 bits per heavy atom. The van der Waals surface area contributed by atoms with Gasteiger partial charge in [-0.3, -0.25) is 9.52 Å². The van der Waals surface area contributed by atoms with Crippen LogP contribution in [0, 0.1) is 6.92 Å². The maximum atomic E-state index is 13.1. The Labute approximate surface area is 220 Å². The molecule has 2 aliphatic rings. The van der Waals surface area contributed by atoms with Crippen LogP contribution < -0.4 is 9.62 Å². The van der Waals surface area contributed by atoms with Crippen molar-refractivity contribution in [2.24, 2.45) is 0 Å². The van der Waals surface area contributed by atoms with E-state index in [1.807, 2.05) is 39.8 Å². The molecule has 3 heterocycles. The maximum absolute atomic E-state index is 13.1. The predicted octanol–water partition coefficient (Wildman–Crippen LogP) is 4.40. The molecule has 4 rings (SSSR count). The molecular formula is C25H30ClN3O5S2. The Kier molecular flexibility index (Phi) is 7.41. The van der Waals surface area contributed by atoms with Gasteiger partial charge in [0.25, 0.3) is 5.91 Å². The minimum atomic E-state index is -3.70. The Bertz CT molecular complexity index is 1330. The topological polar surface area (TPSA) is 96.0 Å². The summed E-state index contributed by atoms with van der Waals surface area (Å²) in [5.41, 5.74) is 3.20. The molecule has 0 aliphatic carbocycles. The van der Waals surface area contributed by atoms with Gasteiger partial charge >= 0.3 is 6.09 Å². The molecule has 11 heteroatoms. The van der Waals surface area contributed by atoms with Crippen molar-refractivity contribution in [2.45, 2.75) is 52.7 Å². The number of sulfonamides is 1. The van der Waals surface area contributed by atoms with Crippen LogP contribution in [0.5, 0.6) is 0 Å². The SMILES string of the molecule is Cc1cc2c(cc1N1CC=C(NS(=O)(=O)CCc3ccc(Cl)s3)C1=O)CCN(C(=O)OC(C)(C)C)C2. The summed E-state index contributed by atoms with van der Waals surface area (Å²) in [4.78, 5) is 29.7. The van der Waals surface area contributed by atoms with E-state index in [2.05, 4.69) is 4.72 Å². The van der Waals surface area contributed by atoms with Crippen molar-refractivity contribution >= 4 is 50.6 Å². The number of halogens is 1. The van der Waals surface area contributed by atoms with Crippen LogP contribution in [0.4, 0.5) is 10.5 Å². The molecule has 2 amide bonds. The summed E-state index contributed by atoms with van der Waals surface area (Å²) < 4.78 is 33.8. The number of nitrogens with one attached hydrogen (secondary N) is 1. The highest BCUT2D eigenvalue weighted by Gasteiger charge is 2.31. The predicted molar refractivity (Wildman–Crippen MR) is 142 cm³/mol. The molecule has 36 heavy (non-hydrogen) atoms. The van der Waals surface area contributed by atoms with E-state index in [0.29, 0.717) is 30.3 Å². The van der Waals surface area contributed by atoms with E-state index in [-0.39, 0.29) is 30.0 Å². The Morgan fingerprint density at radius 1 is 1.22 bits per heavy atom. The molecule has 0 saturated carbocycles. The average Bonchev–Trinajstić information content (AvgIpc) is 3.35. The number of hydrogen-bond acceptors (Lipinski definition) is 6.